The van der Waals surface area contributed by atoms with Crippen molar-refractivity contribution in [1.82, 2.24) is 0 Å². The summed E-state index contributed by atoms with van der Waals surface area (Å²) in [6, 6.07) is 0. The van der Waals surface area contributed by atoms with Crippen molar-refractivity contribution in [1.29, 1.82) is 0 Å². The molecule has 0 unspecified atom stereocenters. The number of allylic oxidation sites excluding steroid dienone is 3. The largest absolute Gasteiger partial charge is 0.332 e. The minimum absolute atomic E-state index is 1.10. The van der Waals surface area contributed by atoms with E-state index in [-0.39, 0.29) is 0 Å². The Morgan fingerprint density at radius 2 is 2.27 bits per heavy atom. The van der Waals surface area contributed by atoms with Crippen LogP contribution in [0.4, 0.5) is 0 Å². The van der Waals surface area contributed by atoms with Crippen molar-refractivity contribution in [2.24, 2.45) is 0 Å². The van der Waals surface area contributed by atoms with Crippen molar-refractivity contribution >= 4 is 21.9 Å². The fourth-order valence-corrected chi connectivity index (χ4v) is 1.85. The lowest BCUT2D eigenvalue weighted by molar-refractivity contribution is -0.127. The van der Waals surface area contributed by atoms with E-state index in [1.54, 1.807) is 10.8 Å². The van der Waals surface area contributed by atoms with E-state index < -0.39 is 0 Å². The van der Waals surface area contributed by atoms with Crippen LogP contribution in [-0.4, -0.2) is 5.75 Å². The molecule has 0 spiro atoms. The molecule has 2 nitrogen and oxygen atoms in total. The lowest BCUT2D eigenvalue weighted by Gasteiger charge is -1.96. The molecule has 0 atom stereocenters. The van der Waals surface area contributed by atoms with Crippen LogP contribution >= 0.6 is 21.9 Å². The first-order chi connectivity index (χ1) is 5.50. The molecule has 1 aliphatic rings. The van der Waals surface area contributed by atoms with Crippen molar-refractivity contribution in [3.05, 3.63) is 24.5 Å². The number of hydrogen-bond acceptors (Lipinski definition) is 4. The molecule has 0 N–H and O–H groups in total. The van der Waals surface area contributed by atoms with Gasteiger partial charge in [-0.05, 0) is 18.9 Å². The molecule has 0 fully saturated rings. The molecule has 11 heavy (non-hydrogen) atoms. The third-order valence-corrected chi connectivity index (χ3v) is 2.74. The van der Waals surface area contributed by atoms with Gasteiger partial charge in [0.15, 0.2) is 0 Å². The second-order valence-electron chi connectivity index (χ2n) is 1.95. The molecule has 0 saturated heterocycles. The third-order valence-electron chi connectivity index (χ3n) is 1.09. The first kappa shape index (κ1) is 9.03. The molecular weight excluding hydrogens is 180 g/mol. The van der Waals surface area contributed by atoms with Gasteiger partial charge in [-0.25, -0.2) is 0 Å². The van der Waals surface area contributed by atoms with Gasteiger partial charge < -0.3 is 4.89 Å². The Labute approximate surface area is 74.6 Å². The van der Waals surface area contributed by atoms with Crippen molar-refractivity contribution in [2.75, 3.05) is 5.75 Å². The topological polar surface area (TPSA) is 18.5 Å². The maximum Gasteiger partial charge on any atom is 0.130 e. The maximum atomic E-state index is 4.72. The van der Waals surface area contributed by atoms with Crippen molar-refractivity contribution in [3.63, 3.8) is 0 Å². The molecule has 0 aromatic carbocycles. The average Bonchev–Trinajstić information content (AvgIpc) is 2.08. The van der Waals surface area contributed by atoms with Gasteiger partial charge in [-0.15, -0.1) is 4.33 Å². The predicted octanol–water partition coefficient (Wildman–Crippen LogP) is 3.09. The Morgan fingerprint density at radius 3 is 3.27 bits per heavy atom. The Morgan fingerprint density at radius 1 is 1.27 bits per heavy atom. The lowest BCUT2D eigenvalue weighted by atomic mass is 10.3. The standard InChI is InChI=1S/C7H10O2S2/c1-2-4-6-8-9-11-10-7-5-3-1/h1-2,4,6H,3,5,7H2. The average molecular weight is 190 g/mol. The van der Waals surface area contributed by atoms with E-state index in [1.165, 1.54) is 23.8 Å². The van der Waals surface area contributed by atoms with Crippen LogP contribution in [-0.2, 0) is 9.22 Å². The predicted molar refractivity (Wildman–Crippen MR) is 49.7 cm³/mol. The van der Waals surface area contributed by atoms with Gasteiger partial charge in [-0.2, -0.15) is 0 Å². The number of rotatable bonds is 0. The normalized spacial score (nSPS) is 20.4. The SMILES string of the molecule is C1=CCCCSSOOC=C1. The van der Waals surface area contributed by atoms with Crippen LogP contribution in [0, 0.1) is 0 Å². The molecular formula is C7H10O2S2. The molecule has 4 heteroatoms. The summed E-state index contributed by atoms with van der Waals surface area (Å²) in [5.74, 6) is 1.10. The van der Waals surface area contributed by atoms with Crippen LogP contribution in [0.25, 0.3) is 0 Å². The van der Waals surface area contributed by atoms with E-state index in [2.05, 4.69) is 11.0 Å². The van der Waals surface area contributed by atoms with Gasteiger partial charge in [0.05, 0.1) is 0 Å². The molecule has 0 aromatic rings. The zero-order chi connectivity index (χ0) is 7.78. The van der Waals surface area contributed by atoms with Crippen LogP contribution in [0.5, 0.6) is 0 Å². The van der Waals surface area contributed by atoms with Crippen molar-refractivity contribution in [2.45, 2.75) is 12.8 Å². The first-order valence-corrected chi connectivity index (χ1v) is 5.68. The number of hydrogen-bond donors (Lipinski definition) is 0. The molecule has 0 bridgehead atoms. The molecule has 1 heterocycles. The summed E-state index contributed by atoms with van der Waals surface area (Å²) in [6.45, 7) is 0. The van der Waals surface area contributed by atoms with Gasteiger partial charge in [-0.3, -0.25) is 0 Å². The van der Waals surface area contributed by atoms with Gasteiger partial charge in [0.2, 0.25) is 0 Å². The molecule has 0 radical (unpaired) electrons. The molecule has 1 rings (SSSR count). The highest BCUT2D eigenvalue weighted by molar-refractivity contribution is 8.74. The Hall–Kier alpha value is -0.0600. The summed E-state index contributed by atoms with van der Waals surface area (Å²) in [6.07, 6.45) is 9.73. The van der Waals surface area contributed by atoms with Crippen LogP contribution in [0.2, 0.25) is 0 Å². The van der Waals surface area contributed by atoms with Crippen LogP contribution in [0.3, 0.4) is 0 Å². The summed E-state index contributed by atoms with van der Waals surface area (Å²) >= 11 is 1.28. The zero-order valence-corrected chi connectivity index (χ0v) is 7.70. The van der Waals surface area contributed by atoms with E-state index in [9.17, 15) is 0 Å². The third kappa shape index (κ3) is 5.24. The van der Waals surface area contributed by atoms with E-state index in [4.69, 9.17) is 4.33 Å². The van der Waals surface area contributed by atoms with Crippen LogP contribution < -0.4 is 0 Å². The highest BCUT2D eigenvalue weighted by Crippen LogP contribution is 2.24. The maximum absolute atomic E-state index is 4.72. The van der Waals surface area contributed by atoms with Crippen molar-refractivity contribution in [3.8, 4) is 0 Å². The molecule has 0 aromatic heterocycles. The molecule has 0 amide bonds. The van der Waals surface area contributed by atoms with E-state index in [0.29, 0.717) is 0 Å². The molecule has 0 saturated carbocycles. The van der Waals surface area contributed by atoms with Gasteiger partial charge in [-0.1, -0.05) is 22.9 Å². The van der Waals surface area contributed by atoms with Crippen LogP contribution in [0.15, 0.2) is 24.5 Å². The smallest absolute Gasteiger partial charge is 0.130 e. The first-order valence-electron chi connectivity index (χ1n) is 3.43. The Kier molecular flexibility index (Phi) is 5.45. The fourth-order valence-electron chi connectivity index (χ4n) is 0.605. The molecule has 62 valence electrons. The minimum Gasteiger partial charge on any atom is -0.332 e. The fraction of sp³-hybridized carbons (Fsp3) is 0.429. The van der Waals surface area contributed by atoms with Gasteiger partial charge in [0.25, 0.3) is 0 Å². The molecule has 1 aliphatic heterocycles. The highest BCUT2D eigenvalue weighted by Gasteiger charge is 1.91. The second-order valence-corrected chi connectivity index (χ2v) is 3.98. The van der Waals surface area contributed by atoms with E-state index >= 15 is 0 Å². The second kappa shape index (κ2) is 6.64. The zero-order valence-electron chi connectivity index (χ0n) is 6.06. The minimum atomic E-state index is 1.10. The summed E-state index contributed by atoms with van der Waals surface area (Å²) in [5.41, 5.74) is 0. The quantitative estimate of drug-likeness (QED) is 0.332. The van der Waals surface area contributed by atoms with Crippen molar-refractivity contribution < 1.29 is 9.22 Å². The Balaban J connectivity index is 2.22. The van der Waals surface area contributed by atoms with E-state index in [1.807, 2.05) is 12.2 Å². The van der Waals surface area contributed by atoms with Crippen LogP contribution in [0.1, 0.15) is 12.8 Å². The summed E-state index contributed by atoms with van der Waals surface area (Å²) in [4.78, 5) is 4.68. The van der Waals surface area contributed by atoms with Gasteiger partial charge >= 0.3 is 0 Å². The summed E-state index contributed by atoms with van der Waals surface area (Å²) in [5, 5.41) is 0. The van der Waals surface area contributed by atoms with Gasteiger partial charge in [0.1, 0.15) is 17.3 Å². The summed E-state index contributed by atoms with van der Waals surface area (Å²) in [7, 11) is 1.66. The van der Waals surface area contributed by atoms with E-state index in [0.717, 1.165) is 12.2 Å². The summed E-state index contributed by atoms with van der Waals surface area (Å²) < 4.78 is 4.72. The lowest BCUT2D eigenvalue weighted by Crippen LogP contribution is -1.75. The molecule has 0 aliphatic carbocycles. The Bertz CT molecular complexity index is 129. The highest BCUT2D eigenvalue weighted by atomic mass is 33.1. The monoisotopic (exact) mass is 190 g/mol. The van der Waals surface area contributed by atoms with Gasteiger partial charge in [0, 0.05) is 5.75 Å².